The summed E-state index contributed by atoms with van der Waals surface area (Å²) in [7, 11) is 0. The Morgan fingerprint density at radius 3 is 2.56 bits per heavy atom. The number of carbonyl (C=O) groups excluding carboxylic acids is 1. The van der Waals surface area contributed by atoms with Crippen molar-refractivity contribution >= 4 is 11.5 Å². The molecule has 3 rings (SSSR count). The summed E-state index contributed by atoms with van der Waals surface area (Å²) in [4.78, 5) is 22.2. The smallest absolute Gasteiger partial charge is 0.270 e. The summed E-state index contributed by atoms with van der Waals surface area (Å²) in [6, 6.07) is 8.74. The van der Waals surface area contributed by atoms with Crippen LogP contribution in [0.1, 0.15) is 15.9 Å². The Balaban J connectivity index is 2.31. The van der Waals surface area contributed by atoms with Crippen LogP contribution in [-0.2, 0) is 0 Å². The van der Waals surface area contributed by atoms with Crippen LogP contribution in [0.2, 0.25) is 0 Å². The number of phenolic OH excluding ortho intramolecular Hbond substituents is 1. The molecule has 0 radical (unpaired) electrons. The van der Waals surface area contributed by atoms with E-state index >= 15 is 0 Å². The molecule has 5 heteroatoms. The van der Waals surface area contributed by atoms with Crippen molar-refractivity contribution in [3.63, 3.8) is 0 Å². The molecule has 0 unspecified atom stereocenters. The van der Waals surface area contributed by atoms with Crippen molar-refractivity contribution in [1.82, 2.24) is 0 Å². The third kappa shape index (κ3) is 1.24. The van der Waals surface area contributed by atoms with E-state index < -0.39 is 4.92 Å². The molecule has 0 heterocycles. The van der Waals surface area contributed by atoms with Crippen LogP contribution in [0.3, 0.4) is 0 Å². The molecule has 0 saturated carbocycles. The standard InChI is InChI=1S/C13H7NO4/c15-11-3-1-2-9-12(11)8-5-4-7(14(17)18)6-10(8)13(9)16/h1-6,15H. The lowest BCUT2D eigenvalue weighted by molar-refractivity contribution is -0.384. The molecule has 2 aromatic carbocycles. The van der Waals surface area contributed by atoms with Gasteiger partial charge in [-0.05, 0) is 17.7 Å². The van der Waals surface area contributed by atoms with E-state index in [1.807, 2.05) is 0 Å². The van der Waals surface area contributed by atoms with E-state index in [-0.39, 0.29) is 22.8 Å². The first-order chi connectivity index (χ1) is 8.59. The van der Waals surface area contributed by atoms with E-state index in [1.165, 1.54) is 24.3 Å². The molecular formula is C13H7NO4. The number of nitro groups is 1. The van der Waals surface area contributed by atoms with Gasteiger partial charge in [0, 0.05) is 28.8 Å². The number of carbonyl (C=O) groups is 1. The molecule has 2 aromatic rings. The van der Waals surface area contributed by atoms with Gasteiger partial charge in [0.05, 0.1) is 4.92 Å². The van der Waals surface area contributed by atoms with E-state index in [0.717, 1.165) is 0 Å². The molecule has 0 spiro atoms. The van der Waals surface area contributed by atoms with Crippen molar-refractivity contribution < 1.29 is 14.8 Å². The zero-order valence-corrected chi connectivity index (χ0v) is 9.08. The Bertz CT molecular complexity index is 706. The van der Waals surface area contributed by atoms with E-state index in [1.54, 1.807) is 12.1 Å². The van der Waals surface area contributed by atoms with Crippen LogP contribution in [0.25, 0.3) is 11.1 Å². The Kier molecular flexibility index (Phi) is 1.98. The first-order valence-corrected chi connectivity index (χ1v) is 5.25. The fourth-order valence-corrected chi connectivity index (χ4v) is 2.21. The number of hydrogen-bond donors (Lipinski definition) is 1. The molecule has 1 aliphatic rings. The zero-order valence-electron chi connectivity index (χ0n) is 9.08. The molecule has 0 fully saturated rings. The highest BCUT2D eigenvalue weighted by Crippen LogP contribution is 2.42. The molecule has 0 bridgehead atoms. The molecule has 18 heavy (non-hydrogen) atoms. The Morgan fingerprint density at radius 2 is 1.83 bits per heavy atom. The summed E-state index contributed by atoms with van der Waals surface area (Å²) >= 11 is 0. The van der Waals surface area contributed by atoms with Crippen molar-refractivity contribution in [2.24, 2.45) is 0 Å². The molecule has 0 atom stereocenters. The van der Waals surface area contributed by atoms with Crippen LogP contribution in [0, 0.1) is 10.1 Å². The number of non-ortho nitro benzene ring substituents is 1. The molecule has 1 aliphatic carbocycles. The van der Waals surface area contributed by atoms with Gasteiger partial charge in [-0.25, -0.2) is 0 Å². The van der Waals surface area contributed by atoms with Gasteiger partial charge in [0.15, 0.2) is 5.78 Å². The summed E-state index contributed by atoms with van der Waals surface area (Å²) in [5, 5.41) is 20.5. The van der Waals surface area contributed by atoms with E-state index in [9.17, 15) is 20.0 Å². The average molecular weight is 241 g/mol. The van der Waals surface area contributed by atoms with Gasteiger partial charge < -0.3 is 5.11 Å². The van der Waals surface area contributed by atoms with Gasteiger partial charge in [0.1, 0.15) is 5.75 Å². The van der Waals surface area contributed by atoms with E-state index in [4.69, 9.17) is 0 Å². The van der Waals surface area contributed by atoms with E-state index in [2.05, 4.69) is 0 Å². The first kappa shape index (κ1) is 10.5. The summed E-state index contributed by atoms with van der Waals surface area (Å²) in [5.41, 5.74) is 1.51. The minimum absolute atomic E-state index is 0.00783. The lowest BCUT2D eigenvalue weighted by Gasteiger charge is -2.01. The third-order valence-electron chi connectivity index (χ3n) is 3.02. The van der Waals surface area contributed by atoms with Crippen LogP contribution >= 0.6 is 0 Å². The van der Waals surface area contributed by atoms with Gasteiger partial charge in [-0.1, -0.05) is 12.1 Å². The fourth-order valence-electron chi connectivity index (χ4n) is 2.21. The van der Waals surface area contributed by atoms with Gasteiger partial charge in [0.2, 0.25) is 0 Å². The van der Waals surface area contributed by atoms with Gasteiger partial charge in [-0.2, -0.15) is 0 Å². The van der Waals surface area contributed by atoms with Crippen molar-refractivity contribution in [2.75, 3.05) is 0 Å². The largest absolute Gasteiger partial charge is 0.507 e. The topological polar surface area (TPSA) is 80.4 Å². The average Bonchev–Trinajstić information content (AvgIpc) is 2.64. The second-order valence-electron chi connectivity index (χ2n) is 4.02. The number of ketones is 1. The normalized spacial score (nSPS) is 12.1. The number of fused-ring (bicyclic) bond motifs is 3. The molecule has 0 amide bonds. The number of hydrogen-bond acceptors (Lipinski definition) is 4. The SMILES string of the molecule is O=C1c2cc([N+](=O)[O-])ccc2-c2c(O)cccc21. The third-order valence-corrected chi connectivity index (χ3v) is 3.02. The number of aromatic hydroxyl groups is 1. The monoisotopic (exact) mass is 241 g/mol. The lowest BCUT2D eigenvalue weighted by atomic mass is 10.0. The maximum Gasteiger partial charge on any atom is 0.270 e. The van der Waals surface area contributed by atoms with Crippen LogP contribution in [0.5, 0.6) is 5.75 Å². The molecular weight excluding hydrogens is 234 g/mol. The van der Waals surface area contributed by atoms with Crippen molar-refractivity contribution in [1.29, 1.82) is 0 Å². The minimum atomic E-state index is -0.545. The summed E-state index contributed by atoms with van der Waals surface area (Å²) < 4.78 is 0. The van der Waals surface area contributed by atoms with Gasteiger partial charge in [-0.3, -0.25) is 14.9 Å². The minimum Gasteiger partial charge on any atom is -0.507 e. The molecule has 1 N–H and O–H groups in total. The van der Waals surface area contributed by atoms with Crippen LogP contribution in [0.15, 0.2) is 36.4 Å². The van der Waals surface area contributed by atoms with E-state index in [0.29, 0.717) is 16.7 Å². The number of nitrogens with zero attached hydrogens (tertiary/aromatic N) is 1. The highest BCUT2D eigenvalue weighted by Gasteiger charge is 2.30. The molecule has 5 nitrogen and oxygen atoms in total. The van der Waals surface area contributed by atoms with Crippen LogP contribution < -0.4 is 0 Å². The maximum atomic E-state index is 12.1. The van der Waals surface area contributed by atoms with Crippen molar-refractivity contribution in [2.45, 2.75) is 0 Å². The molecule has 0 aliphatic heterocycles. The summed E-state index contributed by atoms with van der Waals surface area (Å²) in [5.74, 6) is -0.284. The molecule has 0 saturated heterocycles. The fraction of sp³-hybridized carbons (Fsp3) is 0. The first-order valence-electron chi connectivity index (χ1n) is 5.25. The number of rotatable bonds is 1. The molecule has 0 aromatic heterocycles. The van der Waals surface area contributed by atoms with Crippen molar-refractivity contribution in [3.05, 3.63) is 57.6 Å². The lowest BCUT2D eigenvalue weighted by Crippen LogP contribution is -1.96. The Morgan fingerprint density at radius 1 is 1.06 bits per heavy atom. The van der Waals surface area contributed by atoms with Crippen LogP contribution in [-0.4, -0.2) is 15.8 Å². The predicted octanol–water partition coefficient (Wildman–Crippen LogP) is 2.51. The second-order valence-corrected chi connectivity index (χ2v) is 4.02. The molecule has 88 valence electrons. The Labute approximate surface area is 101 Å². The second kappa shape index (κ2) is 3.40. The number of phenols is 1. The maximum absolute atomic E-state index is 12.1. The quantitative estimate of drug-likeness (QED) is 0.524. The van der Waals surface area contributed by atoms with Gasteiger partial charge in [0.25, 0.3) is 5.69 Å². The summed E-state index contributed by atoms with van der Waals surface area (Å²) in [6.07, 6.45) is 0. The Hall–Kier alpha value is -2.69. The highest BCUT2D eigenvalue weighted by molar-refractivity contribution is 6.22. The van der Waals surface area contributed by atoms with Gasteiger partial charge in [-0.15, -0.1) is 0 Å². The highest BCUT2D eigenvalue weighted by atomic mass is 16.6. The number of nitro benzene ring substituents is 1. The number of benzene rings is 2. The zero-order chi connectivity index (χ0) is 12.9. The predicted molar refractivity (Wildman–Crippen MR) is 63.6 cm³/mol. The van der Waals surface area contributed by atoms with Crippen LogP contribution in [0.4, 0.5) is 5.69 Å². The summed E-state index contributed by atoms with van der Waals surface area (Å²) in [6.45, 7) is 0. The van der Waals surface area contributed by atoms with Gasteiger partial charge >= 0.3 is 0 Å². The van der Waals surface area contributed by atoms with Crippen molar-refractivity contribution in [3.8, 4) is 16.9 Å².